The number of aromatic nitrogens is 5. The average Bonchev–Trinajstić information content (AvgIpc) is 3.38. The predicted octanol–water partition coefficient (Wildman–Crippen LogP) is 5.99. The maximum absolute atomic E-state index is 10.4. The van der Waals surface area contributed by atoms with Crippen LogP contribution in [0.3, 0.4) is 0 Å². The summed E-state index contributed by atoms with van der Waals surface area (Å²) in [5.74, 6) is 1.49. The number of fused-ring (bicyclic) bond motifs is 1. The molecule has 0 aliphatic carbocycles. The van der Waals surface area contributed by atoms with Crippen LogP contribution in [0.25, 0.3) is 39.2 Å². The number of methoxy groups -OCH3 is 2. The number of anilines is 2. The zero-order valence-electron chi connectivity index (χ0n) is 21.2. The first-order chi connectivity index (χ1) is 19.2. The van der Waals surface area contributed by atoms with Crippen molar-refractivity contribution in [3.05, 3.63) is 97.3 Å². The first-order valence-electron chi connectivity index (χ1n) is 12.2. The third-order valence-electron chi connectivity index (χ3n) is 6.32. The zero-order valence-corrected chi connectivity index (χ0v) is 21.2. The fourth-order valence-electron chi connectivity index (χ4n) is 4.52. The van der Waals surface area contributed by atoms with E-state index in [-0.39, 0.29) is 11.7 Å². The molecule has 3 heterocycles. The van der Waals surface area contributed by atoms with Crippen LogP contribution >= 0.6 is 0 Å². The fourth-order valence-corrected chi connectivity index (χ4v) is 4.52. The van der Waals surface area contributed by atoms with Gasteiger partial charge in [-0.15, -0.1) is 0 Å². The van der Waals surface area contributed by atoms with E-state index >= 15 is 0 Å². The number of aromatic hydroxyl groups is 1. The third-order valence-corrected chi connectivity index (χ3v) is 6.32. The molecular weight excluding hydrogens is 492 g/mol. The van der Waals surface area contributed by atoms with E-state index in [1.807, 2.05) is 84.9 Å². The largest absolute Gasteiger partial charge is 0.497 e. The maximum atomic E-state index is 10.4. The van der Waals surface area contributed by atoms with Crippen LogP contribution in [0.5, 0.6) is 17.5 Å². The van der Waals surface area contributed by atoms with E-state index in [0.717, 1.165) is 27.9 Å². The van der Waals surface area contributed by atoms with E-state index in [0.29, 0.717) is 28.7 Å². The molecule has 0 saturated carbocycles. The maximum Gasteiger partial charge on any atom is 0.255 e. The first kappa shape index (κ1) is 23.9. The SMILES string of the molecule is COc1ccc(-c2c(Nc3nccnc3O)nc3c(-c4ccccc4)c(-c4ccccc4)nn3c2OC)cc1. The highest BCUT2D eigenvalue weighted by Gasteiger charge is 2.26. The Kier molecular flexibility index (Phi) is 6.22. The third kappa shape index (κ3) is 4.36. The van der Waals surface area contributed by atoms with Gasteiger partial charge >= 0.3 is 0 Å². The number of rotatable bonds is 7. The van der Waals surface area contributed by atoms with Gasteiger partial charge in [-0.1, -0.05) is 72.8 Å². The normalized spacial score (nSPS) is 10.9. The van der Waals surface area contributed by atoms with Gasteiger partial charge in [0.05, 0.1) is 25.3 Å². The highest BCUT2D eigenvalue weighted by atomic mass is 16.5. The molecule has 0 saturated heterocycles. The van der Waals surface area contributed by atoms with Gasteiger partial charge in [-0.2, -0.15) is 9.61 Å². The topological polar surface area (TPSA) is 107 Å². The lowest BCUT2D eigenvalue weighted by molar-refractivity contribution is 0.387. The molecule has 6 aromatic rings. The molecule has 3 aromatic carbocycles. The minimum absolute atomic E-state index is 0.162. The predicted molar refractivity (Wildman–Crippen MR) is 149 cm³/mol. The van der Waals surface area contributed by atoms with E-state index in [2.05, 4.69) is 15.3 Å². The van der Waals surface area contributed by atoms with Crippen LogP contribution in [0.1, 0.15) is 0 Å². The second-order valence-corrected chi connectivity index (χ2v) is 8.62. The first-order valence-corrected chi connectivity index (χ1v) is 12.2. The molecule has 6 rings (SSSR count). The highest BCUT2D eigenvalue weighted by Crippen LogP contribution is 2.43. The monoisotopic (exact) mass is 516 g/mol. The second kappa shape index (κ2) is 10.1. The molecule has 39 heavy (non-hydrogen) atoms. The van der Waals surface area contributed by atoms with Gasteiger partial charge < -0.3 is 19.9 Å². The van der Waals surface area contributed by atoms with Gasteiger partial charge in [-0.3, -0.25) is 0 Å². The van der Waals surface area contributed by atoms with Crippen molar-refractivity contribution in [3.63, 3.8) is 0 Å². The Morgan fingerprint density at radius 3 is 1.97 bits per heavy atom. The summed E-state index contributed by atoms with van der Waals surface area (Å²) >= 11 is 0. The minimum Gasteiger partial charge on any atom is -0.497 e. The summed E-state index contributed by atoms with van der Waals surface area (Å²) < 4.78 is 13.1. The van der Waals surface area contributed by atoms with Gasteiger partial charge in [0.15, 0.2) is 11.5 Å². The molecule has 9 heteroatoms. The van der Waals surface area contributed by atoms with Crippen LogP contribution in [0.15, 0.2) is 97.3 Å². The Morgan fingerprint density at radius 2 is 1.33 bits per heavy atom. The molecule has 0 atom stereocenters. The summed E-state index contributed by atoms with van der Waals surface area (Å²) in [6.45, 7) is 0. The van der Waals surface area contributed by atoms with Crippen molar-refractivity contribution >= 4 is 17.3 Å². The molecule has 0 bridgehead atoms. The van der Waals surface area contributed by atoms with Crippen molar-refractivity contribution in [2.24, 2.45) is 0 Å². The number of nitrogens with zero attached hydrogens (tertiary/aromatic N) is 5. The number of benzene rings is 3. The summed E-state index contributed by atoms with van der Waals surface area (Å²) in [6, 6.07) is 27.5. The summed E-state index contributed by atoms with van der Waals surface area (Å²) in [6.07, 6.45) is 2.91. The van der Waals surface area contributed by atoms with Crippen LogP contribution in [0.2, 0.25) is 0 Å². The Morgan fingerprint density at radius 1 is 0.692 bits per heavy atom. The molecule has 0 amide bonds. The van der Waals surface area contributed by atoms with Gasteiger partial charge in [0.25, 0.3) is 5.88 Å². The molecule has 3 aromatic heterocycles. The van der Waals surface area contributed by atoms with Gasteiger partial charge in [0.2, 0.25) is 5.88 Å². The van der Waals surface area contributed by atoms with E-state index in [1.54, 1.807) is 18.7 Å². The van der Waals surface area contributed by atoms with Crippen LogP contribution in [0, 0.1) is 0 Å². The molecule has 0 aliphatic heterocycles. The number of hydrogen-bond acceptors (Lipinski definition) is 8. The number of hydrogen-bond donors (Lipinski definition) is 2. The number of ether oxygens (including phenoxy) is 2. The quantitative estimate of drug-likeness (QED) is 0.267. The summed E-state index contributed by atoms with van der Waals surface area (Å²) in [7, 11) is 3.21. The summed E-state index contributed by atoms with van der Waals surface area (Å²) in [5.41, 5.74) is 5.48. The van der Waals surface area contributed by atoms with E-state index in [1.165, 1.54) is 12.4 Å². The van der Waals surface area contributed by atoms with E-state index < -0.39 is 0 Å². The van der Waals surface area contributed by atoms with Gasteiger partial charge in [-0.25, -0.2) is 15.0 Å². The zero-order chi connectivity index (χ0) is 26.8. The molecule has 0 radical (unpaired) electrons. The van der Waals surface area contributed by atoms with Gasteiger partial charge in [0, 0.05) is 18.0 Å². The van der Waals surface area contributed by atoms with Crippen molar-refractivity contribution in [1.29, 1.82) is 0 Å². The van der Waals surface area contributed by atoms with E-state index in [4.69, 9.17) is 19.6 Å². The van der Waals surface area contributed by atoms with Crippen molar-refractivity contribution in [2.75, 3.05) is 19.5 Å². The van der Waals surface area contributed by atoms with Crippen molar-refractivity contribution in [2.45, 2.75) is 0 Å². The average molecular weight is 517 g/mol. The molecule has 0 aliphatic rings. The molecule has 192 valence electrons. The van der Waals surface area contributed by atoms with Crippen molar-refractivity contribution < 1.29 is 14.6 Å². The standard InChI is InChI=1S/C30H24N6O3/c1-38-22-15-13-20(14-16-22)24-26(33-27-29(37)32-18-17-31-27)34-28-23(19-9-5-3-6-10-19)25(21-11-7-4-8-12-21)35-36(28)30(24)39-2/h3-18H,1-2H3,(H,32,37)(H,31,33,34). The lowest BCUT2D eigenvalue weighted by atomic mass is 10.0. The van der Waals surface area contributed by atoms with Crippen LogP contribution in [-0.4, -0.2) is 43.9 Å². The van der Waals surface area contributed by atoms with Crippen LogP contribution < -0.4 is 14.8 Å². The minimum atomic E-state index is -0.249. The van der Waals surface area contributed by atoms with Crippen LogP contribution in [0.4, 0.5) is 11.6 Å². The highest BCUT2D eigenvalue weighted by molar-refractivity contribution is 5.94. The fraction of sp³-hybridized carbons (Fsp3) is 0.0667. The van der Waals surface area contributed by atoms with Crippen molar-refractivity contribution in [3.8, 4) is 51.0 Å². The smallest absolute Gasteiger partial charge is 0.255 e. The van der Waals surface area contributed by atoms with E-state index in [9.17, 15) is 5.11 Å². The molecule has 0 spiro atoms. The lowest BCUT2D eigenvalue weighted by Gasteiger charge is -2.16. The summed E-state index contributed by atoms with van der Waals surface area (Å²) in [4.78, 5) is 13.3. The second-order valence-electron chi connectivity index (χ2n) is 8.62. The summed E-state index contributed by atoms with van der Waals surface area (Å²) in [5, 5.41) is 18.6. The number of nitrogens with one attached hydrogen (secondary N) is 1. The van der Waals surface area contributed by atoms with Crippen LogP contribution in [-0.2, 0) is 0 Å². The molecule has 0 fully saturated rings. The molecule has 2 N–H and O–H groups in total. The Balaban J connectivity index is 1.70. The Hall–Kier alpha value is -5.44. The van der Waals surface area contributed by atoms with Crippen molar-refractivity contribution in [1.82, 2.24) is 24.6 Å². The molecular formula is C30H24N6O3. The Labute approximate surface area is 224 Å². The molecule has 0 unspecified atom stereocenters. The van der Waals surface area contributed by atoms with Gasteiger partial charge in [-0.05, 0) is 23.3 Å². The van der Waals surface area contributed by atoms with Gasteiger partial charge in [0.1, 0.15) is 17.3 Å². The lowest BCUT2D eigenvalue weighted by Crippen LogP contribution is -2.07. The Bertz CT molecular complexity index is 1750. The molecule has 9 nitrogen and oxygen atoms in total.